The van der Waals surface area contributed by atoms with E-state index in [2.05, 4.69) is 6.30 Å². The molecule has 6 heavy (non-hydrogen) atoms. The van der Waals surface area contributed by atoms with Crippen LogP contribution in [0.3, 0.4) is 0 Å². The van der Waals surface area contributed by atoms with Gasteiger partial charge in [-0.3, -0.25) is 0 Å². The van der Waals surface area contributed by atoms with Crippen molar-refractivity contribution in [2.75, 3.05) is 6.26 Å². The zero-order valence-electron chi connectivity index (χ0n) is 3.59. The molecule has 1 unspecified atom stereocenters. The van der Waals surface area contributed by atoms with E-state index in [0.717, 1.165) is 7.41 Å². The van der Waals surface area contributed by atoms with Crippen LogP contribution in [0.25, 0.3) is 0 Å². The van der Waals surface area contributed by atoms with Gasteiger partial charge in [-0.15, -0.1) is 25.4 Å². The van der Waals surface area contributed by atoms with Gasteiger partial charge in [-0.2, -0.15) is 0 Å². The summed E-state index contributed by atoms with van der Waals surface area (Å²) >= 11 is 0. The second-order valence-electron chi connectivity index (χ2n) is 0.627. The van der Waals surface area contributed by atoms with Crippen molar-refractivity contribution < 1.29 is 0 Å². The Labute approximate surface area is 45.8 Å². The minimum atomic E-state index is -0.298. The fourth-order valence-electron chi connectivity index (χ4n) is 0.0577. The van der Waals surface area contributed by atoms with Gasteiger partial charge in [0.1, 0.15) is 0 Å². The van der Waals surface area contributed by atoms with Crippen LogP contribution in [0.15, 0.2) is 0 Å². The summed E-state index contributed by atoms with van der Waals surface area (Å²) in [6.45, 7) is 0. The molecular formula is C3H7PS2. The molecule has 3 heteroatoms. The fraction of sp³-hybridized carbons (Fsp3) is 0.333. The Morgan fingerprint density at radius 3 is 2.50 bits per heavy atom. The molecule has 0 radical (unpaired) electrons. The van der Waals surface area contributed by atoms with E-state index in [1.807, 2.05) is 6.26 Å². The van der Waals surface area contributed by atoms with Gasteiger partial charge >= 0.3 is 0 Å². The smallest absolute Gasteiger partial charge is 0.00823 e. The first-order valence-electron chi connectivity index (χ1n) is 1.37. The Balaban J connectivity index is 3.34. The summed E-state index contributed by atoms with van der Waals surface area (Å²) in [7, 11) is 2.48. The van der Waals surface area contributed by atoms with Crippen LogP contribution >= 0.6 is 27.2 Å². The summed E-state index contributed by atoms with van der Waals surface area (Å²) in [4.78, 5) is 0. The Hall–Kier alpha value is 0.650. The molecule has 0 rings (SSSR count). The van der Waals surface area contributed by atoms with E-state index >= 15 is 0 Å². The van der Waals surface area contributed by atoms with Crippen molar-refractivity contribution in [2.24, 2.45) is 0 Å². The lowest BCUT2D eigenvalue weighted by molar-refractivity contribution is 2.55. The molecule has 1 atom stereocenters. The van der Waals surface area contributed by atoms with Gasteiger partial charge < -0.3 is 0 Å². The van der Waals surface area contributed by atoms with E-state index < -0.39 is 0 Å². The van der Waals surface area contributed by atoms with E-state index in [9.17, 15) is 0 Å². The summed E-state index contributed by atoms with van der Waals surface area (Å²) in [6, 6.07) is 0. The van der Waals surface area contributed by atoms with Crippen molar-refractivity contribution in [1.29, 1.82) is 0 Å². The molecule has 36 valence electrons. The van der Waals surface area contributed by atoms with Crippen LogP contribution in [0.2, 0.25) is 0 Å². The Bertz CT molecular complexity index is 99.1. The molecule has 0 aromatic carbocycles. The van der Waals surface area contributed by atoms with Crippen LogP contribution in [0, 0.1) is 5.69 Å². The lowest BCUT2D eigenvalue weighted by Crippen LogP contribution is -1.26. The van der Waals surface area contributed by atoms with Crippen LogP contribution < -0.4 is 0 Å². The molecule has 0 aromatic rings. The standard InChI is InChI=1S/C3H7PS2/c1-4-6(3)5-2/h3,6H,1H2,2H3. The summed E-state index contributed by atoms with van der Waals surface area (Å²) in [6.07, 6.45) is 5.62. The van der Waals surface area contributed by atoms with E-state index in [-0.39, 0.29) is 8.95 Å². The SMILES string of the molecule is C#[SH](P=C)SC. The number of hydrogen-bond acceptors (Lipinski definition) is 1. The second-order valence-corrected chi connectivity index (χ2v) is 7.11. The number of hydrogen-bond donors (Lipinski definition) is 1. The third kappa shape index (κ3) is 2.87. The first-order valence-corrected chi connectivity index (χ1v) is 6.39. The van der Waals surface area contributed by atoms with E-state index in [4.69, 9.17) is 5.69 Å². The summed E-state index contributed by atoms with van der Waals surface area (Å²) < 4.78 is 0. The van der Waals surface area contributed by atoms with Crippen LogP contribution in [-0.2, 0) is 0 Å². The van der Waals surface area contributed by atoms with E-state index in [1.54, 1.807) is 10.8 Å². The maximum Gasteiger partial charge on any atom is -0.00823 e. The lowest BCUT2D eigenvalue weighted by atomic mass is 12.0. The third-order valence-corrected chi connectivity index (χ3v) is 5.45. The highest BCUT2D eigenvalue weighted by Gasteiger charge is 1.66. The molecule has 0 aromatic heterocycles. The van der Waals surface area contributed by atoms with Crippen LogP contribution in [0.5, 0.6) is 0 Å². The molecule has 0 amide bonds. The van der Waals surface area contributed by atoms with Gasteiger partial charge in [-0.25, -0.2) is 0 Å². The Morgan fingerprint density at radius 1 is 2.00 bits per heavy atom. The van der Waals surface area contributed by atoms with Gasteiger partial charge in [-0.05, 0) is 13.7 Å². The van der Waals surface area contributed by atoms with Crippen molar-refractivity contribution in [1.82, 2.24) is 0 Å². The minimum Gasteiger partial charge on any atom is -0.131 e. The van der Waals surface area contributed by atoms with Crippen molar-refractivity contribution >= 4 is 33.5 Å². The second kappa shape index (κ2) is 3.83. The van der Waals surface area contributed by atoms with E-state index in [1.165, 1.54) is 0 Å². The van der Waals surface area contributed by atoms with E-state index in [0.29, 0.717) is 0 Å². The highest BCUT2D eigenvalue weighted by Crippen LogP contribution is 2.34. The normalized spacial score (nSPS) is 14.7. The molecule has 0 saturated carbocycles. The zero-order chi connectivity index (χ0) is 4.99. The van der Waals surface area contributed by atoms with Crippen LogP contribution in [-0.4, -0.2) is 12.6 Å². The van der Waals surface area contributed by atoms with Gasteiger partial charge in [0.2, 0.25) is 0 Å². The summed E-state index contributed by atoms with van der Waals surface area (Å²) in [5, 5.41) is 0. The maximum absolute atomic E-state index is 5.43. The number of thiol groups is 1. The van der Waals surface area contributed by atoms with Crippen molar-refractivity contribution in [2.45, 2.75) is 0 Å². The predicted molar refractivity (Wildman–Crippen MR) is 41.5 cm³/mol. The van der Waals surface area contributed by atoms with Crippen molar-refractivity contribution in [3.63, 3.8) is 0 Å². The Kier molecular flexibility index (Phi) is 4.24. The molecule has 0 aliphatic carbocycles. The van der Waals surface area contributed by atoms with Crippen LogP contribution in [0.1, 0.15) is 0 Å². The quantitative estimate of drug-likeness (QED) is 0.304. The molecule has 0 N–H and O–H groups in total. The largest absolute Gasteiger partial charge is 0.131 e. The molecule has 0 fully saturated rings. The molecule has 0 saturated heterocycles. The van der Waals surface area contributed by atoms with Gasteiger partial charge in [0.05, 0.1) is 0 Å². The fourth-order valence-corrected chi connectivity index (χ4v) is 1.56. The average molecular weight is 138 g/mol. The first kappa shape index (κ1) is 6.65. The molecule has 0 aliphatic rings. The predicted octanol–water partition coefficient (Wildman–Crippen LogP) is 2.15. The highest BCUT2D eigenvalue weighted by atomic mass is 33.3. The molecule has 0 spiro atoms. The monoisotopic (exact) mass is 138 g/mol. The molecule has 0 heterocycles. The van der Waals surface area contributed by atoms with Gasteiger partial charge in [-0.1, -0.05) is 6.30 Å². The van der Waals surface area contributed by atoms with Gasteiger partial charge in [0.15, 0.2) is 0 Å². The lowest BCUT2D eigenvalue weighted by Gasteiger charge is -1.83. The zero-order valence-corrected chi connectivity index (χ0v) is 6.19. The average Bonchev–Trinajstić information content (AvgIpc) is 1.65. The molecule has 0 bridgehead atoms. The highest BCUT2D eigenvalue weighted by molar-refractivity contribution is 8.98. The third-order valence-electron chi connectivity index (χ3n) is 0.326. The summed E-state index contributed by atoms with van der Waals surface area (Å²) in [5.74, 6) is 0. The molecule has 0 aliphatic heterocycles. The first-order chi connectivity index (χ1) is 2.81. The van der Waals surface area contributed by atoms with Gasteiger partial charge in [0.25, 0.3) is 0 Å². The number of rotatable bonds is 0. The van der Waals surface area contributed by atoms with Gasteiger partial charge in [0, 0.05) is 0 Å². The topological polar surface area (TPSA) is 0 Å². The molecule has 0 nitrogen and oxygen atoms in total. The van der Waals surface area contributed by atoms with Crippen molar-refractivity contribution in [3.8, 4) is 5.69 Å². The van der Waals surface area contributed by atoms with Crippen LogP contribution in [0.4, 0.5) is 0 Å². The summed E-state index contributed by atoms with van der Waals surface area (Å²) in [5.41, 5.74) is 5.43. The maximum atomic E-state index is 5.43. The molecular weight excluding hydrogens is 131 g/mol. The minimum absolute atomic E-state index is 0.298. The Morgan fingerprint density at radius 2 is 2.50 bits per heavy atom. The van der Waals surface area contributed by atoms with Crippen molar-refractivity contribution in [3.05, 3.63) is 0 Å².